The van der Waals surface area contributed by atoms with Gasteiger partial charge in [0.15, 0.2) is 0 Å². The van der Waals surface area contributed by atoms with Crippen LogP contribution < -0.4 is 10.6 Å². The number of nitrogens with one attached hydrogen (secondary N) is 2. The van der Waals surface area contributed by atoms with Crippen LogP contribution in [0.25, 0.3) is 0 Å². The number of carbonyl (C=O) groups excluding carboxylic acids is 2. The lowest BCUT2D eigenvalue weighted by molar-refractivity contribution is -0.266. The summed E-state index contributed by atoms with van der Waals surface area (Å²) in [7, 11) is 0.658. The van der Waals surface area contributed by atoms with E-state index in [0.717, 1.165) is 24.3 Å². The van der Waals surface area contributed by atoms with Gasteiger partial charge in [-0.15, -0.1) is 0 Å². The van der Waals surface area contributed by atoms with Gasteiger partial charge in [-0.1, -0.05) is 23.7 Å². The first-order valence-corrected chi connectivity index (χ1v) is 8.50. The molecule has 0 aromatic heterocycles. The number of hydrogen-bond acceptors (Lipinski definition) is 4. The highest BCUT2D eigenvalue weighted by Gasteiger charge is 2.62. The zero-order chi connectivity index (χ0) is 23.6. The number of benzene rings is 2. The van der Waals surface area contributed by atoms with Crippen LogP contribution in [0.5, 0.6) is 0 Å². The quantitative estimate of drug-likeness (QED) is 0.437. The predicted octanol–water partition coefficient (Wildman–Crippen LogP) is 4.93. The second-order valence-electron chi connectivity index (χ2n) is 6.04. The number of anilines is 2. The van der Waals surface area contributed by atoms with Crippen molar-refractivity contribution >= 4 is 35.0 Å². The van der Waals surface area contributed by atoms with Gasteiger partial charge in [-0.05, 0) is 30.3 Å². The fraction of sp³-hybridized carbons (Fsp3) is 0.222. The number of amides is 2. The van der Waals surface area contributed by atoms with Gasteiger partial charge in [-0.2, -0.15) is 26.3 Å². The van der Waals surface area contributed by atoms with Crippen LogP contribution in [0, 0.1) is 0 Å². The van der Waals surface area contributed by atoms with Crippen LogP contribution in [0.4, 0.5) is 42.5 Å². The Kier molecular flexibility index (Phi) is 6.76. The molecule has 3 N–H and O–H groups in total. The Morgan fingerprint density at radius 2 is 1.55 bits per heavy atom. The number of alkyl halides is 6. The Morgan fingerprint density at radius 3 is 2.03 bits per heavy atom. The number of carbonyl (C=O) groups is 2. The predicted molar refractivity (Wildman–Crippen MR) is 97.5 cm³/mol. The third-order valence-corrected chi connectivity index (χ3v) is 4.22. The molecule has 0 aliphatic rings. The summed E-state index contributed by atoms with van der Waals surface area (Å²) < 4.78 is 82.9. The van der Waals surface area contributed by atoms with Crippen LogP contribution >= 0.6 is 11.6 Å². The molecule has 2 aromatic carbocycles. The monoisotopic (exact) mass is 470 g/mol. The minimum absolute atomic E-state index is 0.141. The average molecular weight is 471 g/mol. The van der Waals surface area contributed by atoms with Gasteiger partial charge in [-0.25, -0.2) is 9.59 Å². The van der Waals surface area contributed by atoms with Crippen molar-refractivity contribution in [3.63, 3.8) is 0 Å². The van der Waals surface area contributed by atoms with Gasteiger partial charge in [0.05, 0.1) is 18.4 Å². The summed E-state index contributed by atoms with van der Waals surface area (Å²) in [6.07, 6.45) is -10.2. The van der Waals surface area contributed by atoms with E-state index < -0.39 is 46.8 Å². The molecular formula is C18H13ClF6N2O4. The molecule has 0 fully saturated rings. The highest BCUT2D eigenvalue weighted by molar-refractivity contribution is 6.30. The molecule has 2 rings (SSSR count). The Morgan fingerprint density at radius 1 is 0.968 bits per heavy atom. The molecule has 0 bridgehead atoms. The fourth-order valence-electron chi connectivity index (χ4n) is 2.48. The molecule has 0 aliphatic carbocycles. The Bertz CT molecular complexity index is 978. The smallest absolute Gasteiger partial charge is 0.432 e. The van der Waals surface area contributed by atoms with Gasteiger partial charge in [0, 0.05) is 16.3 Å². The van der Waals surface area contributed by atoms with Crippen molar-refractivity contribution in [3.05, 3.63) is 58.6 Å². The first kappa shape index (κ1) is 24.3. The van der Waals surface area contributed by atoms with E-state index in [9.17, 15) is 41.0 Å². The largest absolute Gasteiger partial charge is 0.466 e. The third kappa shape index (κ3) is 5.20. The van der Waals surface area contributed by atoms with Crippen LogP contribution in [0.1, 0.15) is 11.1 Å². The molecular weight excluding hydrogens is 458 g/mol. The molecule has 0 aliphatic heterocycles. The van der Waals surface area contributed by atoms with Gasteiger partial charge < -0.3 is 20.5 Å². The second kappa shape index (κ2) is 8.63. The minimum Gasteiger partial charge on any atom is -0.466 e. The first-order chi connectivity index (χ1) is 14.2. The van der Waals surface area contributed by atoms with Crippen LogP contribution in [0.3, 0.4) is 0 Å². The van der Waals surface area contributed by atoms with Gasteiger partial charge in [0.1, 0.15) is 0 Å². The molecule has 1 unspecified atom stereocenters. The number of ether oxygens (including phenoxy) is 1. The molecule has 6 nitrogen and oxygen atoms in total. The normalized spacial score (nSPS) is 13.8. The maximum Gasteiger partial charge on any atom is 0.432 e. The summed E-state index contributed by atoms with van der Waals surface area (Å²) in [4.78, 5) is 23.5. The summed E-state index contributed by atoms with van der Waals surface area (Å²) in [5, 5.41) is 13.7. The number of esters is 1. The van der Waals surface area contributed by atoms with E-state index in [-0.39, 0.29) is 10.7 Å². The van der Waals surface area contributed by atoms with Gasteiger partial charge in [0.25, 0.3) is 5.60 Å². The van der Waals surface area contributed by atoms with Crippen molar-refractivity contribution in [2.24, 2.45) is 0 Å². The van der Waals surface area contributed by atoms with Gasteiger partial charge in [-0.3, -0.25) is 0 Å². The number of aliphatic hydroxyl groups is 1. The molecule has 0 saturated carbocycles. The number of rotatable bonds is 4. The molecule has 31 heavy (non-hydrogen) atoms. The van der Waals surface area contributed by atoms with Crippen LogP contribution in [0.2, 0.25) is 5.02 Å². The van der Waals surface area contributed by atoms with Gasteiger partial charge >= 0.3 is 24.4 Å². The molecule has 2 amide bonds. The SMILES string of the molecule is COC(=O)C(O)(c1ccc(NC(=O)Nc2ccc(Cl)cc2C(F)(F)F)cc1)C(F)(F)F. The van der Waals surface area contributed by atoms with Crippen molar-refractivity contribution in [1.82, 2.24) is 0 Å². The summed E-state index contributed by atoms with van der Waals surface area (Å²) in [5.74, 6) is -1.97. The molecule has 13 heteroatoms. The number of halogens is 7. The van der Waals surface area contributed by atoms with E-state index in [2.05, 4.69) is 10.1 Å². The van der Waals surface area contributed by atoms with Crippen molar-refractivity contribution < 1.29 is 45.8 Å². The maximum absolute atomic E-state index is 13.2. The van der Waals surface area contributed by atoms with E-state index in [1.165, 1.54) is 0 Å². The molecule has 168 valence electrons. The van der Waals surface area contributed by atoms with E-state index in [1.54, 1.807) is 0 Å². The topological polar surface area (TPSA) is 87.7 Å². The van der Waals surface area contributed by atoms with Crippen LogP contribution in [-0.2, 0) is 21.3 Å². The van der Waals surface area contributed by atoms with Crippen molar-refractivity contribution in [2.45, 2.75) is 18.0 Å². The van der Waals surface area contributed by atoms with E-state index >= 15 is 0 Å². The summed E-state index contributed by atoms with van der Waals surface area (Å²) in [5.41, 5.74) is -6.80. The molecule has 1 atom stereocenters. The number of methoxy groups -OCH3 is 1. The maximum atomic E-state index is 13.2. The van der Waals surface area contributed by atoms with Gasteiger partial charge in [0.2, 0.25) is 0 Å². The van der Waals surface area contributed by atoms with Crippen molar-refractivity contribution in [2.75, 3.05) is 17.7 Å². The minimum atomic E-state index is -5.41. The second-order valence-corrected chi connectivity index (χ2v) is 6.48. The fourth-order valence-corrected chi connectivity index (χ4v) is 2.66. The van der Waals surface area contributed by atoms with Crippen LogP contribution in [0.15, 0.2) is 42.5 Å². The molecule has 0 spiro atoms. The first-order valence-electron chi connectivity index (χ1n) is 8.13. The summed E-state index contributed by atoms with van der Waals surface area (Å²) in [6, 6.07) is 4.71. The zero-order valence-corrected chi connectivity index (χ0v) is 16.1. The van der Waals surface area contributed by atoms with E-state index in [1.807, 2.05) is 5.32 Å². The molecule has 2 aromatic rings. The van der Waals surface area contributed by atoms with E-state index in [4.69, 9.17) is 11.6 Å². The standard InChI is InChI=1S/C18H13ClF6N2O4/c1-31-14(28)16(30,18(23,24)25)9-2-5-11(6-3-9)26-15(29)27-13-7-4-10(19)8-12(13)17(20,21)22/h2-8,30H,1H3,(H2,26,27,29). The van der Waals surface area contributed by atoms with E-state index in [0.29, 0.717) is 25.3 Å². The molecule has 0 heterocycles. The molecule has 0 radical (unpaired) electrons. The third-order valence-electron chi connectivity index (χ3n) is 3.99. The Labute approximate surface area is 175 Å². The van der Waals surface area contributed by atoms with Crippen molar-refractivity contribution in [3.8, 4) is 0 Å². The number of hydrogen-bond donors (Lipinski definition) is 3. The number of urea groups is 1. The highest BCUT2D eigenvalue weighted by Crippen LogP contribution is 2.40. The summed E-state index contributed by atoms with van der Waals surface area (Å²) in [6.45, 7) is 0. The van der Waals surface area contributed by atoms with Crippen molar-refractivity contribution in [1.29, 1.82) is 0 Å². The lowest BCUT2D eigenvalue weighted by Gasteiger charge is -2.28. The lowest BCUT2D eigenvalue weighted by atomic mass is 9.93. The molecule has 0 saturated heterocycles. The average Bonchev–Trinajstić information content (AvgIpc) is 2.67. The Hall–Kier alpha value is -2.99. The Balaban J connectivity index is 2.23. The zero-order valence-electron chi connectivity index (χ0n) is 15.4. The lowest BCUT2D eigenvalue weighted by Crippen LogP contribution is -2.49. The highest BCUT2D eigenvalue weighted by atomic mass is 35.5. The summed E-state index contributed by atoms with van der Waals surface area (Å²) >= 11 is 5.54. The van der Waals surface area contributed by atoms with Crippen LogP contribution in [-0.4, -0.2) is 30.4 Å².